The fourth-order valence-corrected chi connectivity index (χ4v) is 9.62. The maximum absolute atomic E-state index is 5.91. The number of methoxy groups -OCH3 is 2. The largest absolute Gasteiger partial charge is 0.491 e. The van der Waals surface area contributed by atoms with Crippen LogP contribution >= 0.6 is 0 Å². The summed E-state index contributed by atoms with van der Waals surface area (Å²) in [5.41, 5.74) is 5.85. The summed E-state index contributed by atoms with van der Waals surface area (Å²) in [7, 11) is 3.36. The van der Waals surface area contributed by atoms with Crippen LogP contribution in [0.4, 0.5) is 0 Å². The summed E-state index contributed by atoms with van der Waals surface area (Å²) in [6.07, 6.45) is 4.34. The molecule has 6 nitrogen and oxygen atoms in total. The summed E-state index contributed by atoms with van der Waals surface area (Å²) in [6, 6.07) is 26.8. The topological polar surface area (TPSA) is 55.4 Å². The molecule has 0 heterocycles. The van der Waals surface area contributed by atoms with Crippen molar-refractivity contribution in [1.82, 2.24) is 0 Å². The summed E-state index contributed by atoms with van der Waals surface area (Å²) >= 11 is 0. The molecule has 0 unspecified atom stereocenters. The molecule has 0 N–H and O–H groups in total. The summed E-state index contributed by atoms with van der Waals surface area (Å²) < 4.78 is 32.9. The Balaban J connectivity index is 1.58. The Morgan fingerprint density at radius 3 is 0.804 bits per heavy atom. The molecular weight excluding hydrogens is 697 g/mol. The normalized spacial score (nSPS) is 13.2. The second-order valence-electron chi connectivity index (χ2n) is 20.1. The van der Waals surface area contributed by atoms with Crippen LogP contribution in [0.15, 0.2) is 72.8 Å². The quantitative estimate of drug-likeness (QED) is 0.0757. The van der Waals surface area contributed by atoms with Crippen LogP contribution in [0.5, 0.6) is 11.5 Å². The van der Waals surface area contributed by atoms with Crippen molar-refractivity contribution >= 4 is 0 Å². The fraction of sp³-hybridized carbons (Fsp3) is 0.640. The molecule has 3 rings (SSSR count). The second kappa shape index (κ2) is 20.7. The van der Waals surface area contributed by atoms with Crippen molar-refractivity contribution in [3.05, 3.63) is 95.1 Å². The van der Waals surface area contributed by atoms with Gasteiger partial charge in [0.25, 0.3) is 0 Å². The van der Waals surface area contributed by atoms with E-state index in [0.29, 0.717) is 52.9 Å². The Morgan fingerprint density at radius 2 is 0.554 bits per heavy atom. The van der Waals surface area contributed by atoms with E-state index in [0.717, 1.165) is 37.2 Å². The van der Waals surface area contributed by atoms with Crippen LogP contribution in [0.3, 0.4) is 0 Å². The molecule has 0 aliphatic heterocycles. The van der Waals surface area contributed by atoms with Crippen molar-refractivity contribution in [3.63, 3.8) is 0 Å². The van der Waals surface area contributed by atoms with Crippen molar-refractivity contribution in [2.75, 3.05) is 67.1 Å². The number of rotatable bonds is 26. The Bertz CT molecular complexity index is 1430. The molecule has 56 heavy (non-hydrogen) atoms. The molecule has 314 valence electrons. The molecule has 0 bridgehead atoms. The zero-order valence-corrected chi connectivity index (χ0v) is 37.9. The molecule has 0 aliphatic rings. The first-order valence-corrected chi connectivity index (χ1v) is 20.8. The van der Waals surface area contributed by atoms with E-state index in [9.17, 15) is 0 Å². The average Bonchev–Trinajstić information content (AvgIpc) is 3.10. The van der Waals surface area contributed by atoms with Crippen LogP contribution in [-0.2, 0) is 40.6 Å². The number of benzene rings is 3. The molecule has 3 aromatic rings. The van der Waals surface area contributed by atoms with Crippen molar-refractivity contribution in [1.29, 1.82) is 0 Å². The fourth-order valence-electron chi connectivity index (χ4n) is 9.62. The van der Waals surface area contributed by atoms with Crippen LogP contribution in [0, 0.1) is 10.8 Å². The van der Waals surface area contributed by atoms with Gasteiger partial charge in [-0.25, -0.2) is 0 Å². The highest BCUT2D eigenvalue weighted by Gasteiger charge is 2.38. The molecule has 0 saturated carbocycles. The average molecular weight is 775 g/mol. The van der Waals surface area contributed by atoms with Gasteiger partial charge in [0.05, 0.1) is 39.6 Å². The molecule has 3 aromatic carbocycles. The maximum Gasteiger partial charge on any atom is 0.119 e. The van der Waals surface area contributed by atoms with Gasteiger partial charge >= 0.3 is 0 Å². The molecule has 0 saturated heterocycles. The van der Waals surface area contributed by atoms with Crippen LogP contribution in [0.2, 0.25) is 0 Å². The van der Waals surface area contributed by atoms with Gasteiger partial charge in [-0.05, 0) is 105 Å². The molecule has 0 amide bonds. The maximum atomic E-state index is 5.91. The van der Waals surface area contributed by atoms with E-state index in [1.807, 2.05) is 0 Å². The Kier molecular flexibility index (Phi) is 17.5. The van der Waals surface area contributed by atoms with Crippen molar-refractivity contribution in [2.24, 2.45) is 10.8 Å². The van der Waals surface area contributed by atoms with Gasteiger partial charge in [-0.1, -0.05) is 132 Å². The van der Waals surface area contributed by atoms with Gasteiger partial charge in [0, 0.05) is 14.2 Å². The molecule has 6 heteroatoms. The standard InChI is InChI=1S/C50H78O6/c1-45(2,37-49(9,10)41-19-23-43(24-20-41)55-33-31-53-29-27-51-13)35-47(5,6)39-15-17-40(18-16-39)48(7,8)36-46(3,4)38-50(11,12)42-21-25-44(26-22-42)56-34-32-54-30-28-52-14/h15-26H,27-38H2,1-14H3. The molecule has 0 atom stereocenters. The lowest BCUT2D eigenvalue weighted by atomic mass is 9.63. The third-order valence-electron chi connectivity index (χ3n) is 11.3. The molecule has 0 aliphatic carbocycles. The highest BCUT2D eigenvalue weighted by Crippen LogP contribution is 2.47. The van der Waals surface area contributed by atoms with Crippen LogP contribution in [0.25, 0.3) is 0 Å². The van der Waals surface area contributed by atoms with Crippen LogP contribution in [0.1, 0.15) is 131 Å². The lowest BCUT2D eigenvalue weighted by Crippen LogP contribution is -2.33. The van der Waals surface area contributed by atoms with Crippen molar-refractivity contribution in [3.8, 4) is 11.5 Å². The summed E-state index contributed by atoms with van der Waals surface area (Å²) in [6.45, 7) is 33.4. The predicted molar refractivity (Wildman–Crippen MR) is 234 cm³/mol. The van der Waals surface area contributed by atoms with E-state index in [2.05, 4.69) is 156 Å². The summed E-state index contributed by atoms with van der Waals surface area (Å²) in [4.78, 5) is 0. The smallest absolute Gasteiger partial charge is 0.119 e. The first-order valence-electron chi connectivity index (χ1n) is 20.8. The minimum Gasteiger partial charge on any atom is -0.491 e. The van der Waals surface area contributed by atoms with Gasteiger partial charge in [0.1, 0.15) is 24.7 Å². The Labute approximate surface area is 342 Å². The predicted octanol–water partition coefficient (Wildman–Crippen LogP) is 11.9. The lowest BCUT2D eigenvalue weighted by molar-refractivity contribution is 0.0544. The van der Waals surface area contributed by atoms with Gasteiger partial charge in [0.2, 0.25) is 0 Å². The van der Waals surface area contributed by atoms with Crippen molar-refractivity contribution in [2.45, 2.75) is 130 Å². The first-order chi connectivity index (χ1) is 26.1. The Hall–Kier alpha value is -2.90. The van der Waals surface area contributed by atoms with E-state index in [-0.39, 0.29) is 32.5 Å². The number of ether oxygens (including phenoxy) is 6. The van der Waals surface area contributed by atoms with Gasteiger partial charge in [-0.2, -0.15) is 0 Å². The summed E-state index contributed by atoms with van der Waals surface area (Å²) in [5, 5.41) is 0. The molecular formula is C50H78O6. The van der Waals surface area contributed by atoms with Gasteiger partial charge in [-0.3, -0.25) is 0 Å². The third kappa shape index (κ3) is 15.5. The monoisotopic (exact) mass is 775 g/mol. The minimum atomic E-state index is 0.0222. The lowest BCUT2D eigenvalue weighted by Gasteiger charge is -2.42. The van der Waals surface area contributed by atoms with Crippen LogP contribution in [-0.4, -0.2) is 67.1 Å². The number of hydrogen-bond donors (Lipinski definition) is 0. The van der Waals surface area contributed by atoms with E-state index < -0.39 is 0 Å². The molecule has 0 fully saturated rings. The summed E-state index contributed by atoms with van der Waals surface area (Å²) in [5.74, 6) is 1.76. The van der Waals surface area contributed by atoms with E-state index in [1.165, 1.54) is 22.3 Å². The van der Waals surface area contributed by atoms with E-state index >= 15 is 0 Å². The highest BCUT2D eigenvalue weighted by atomic mass is 16.5. The first kappa shape index (κ1) is 47.5. The molecule has 0 spiro atoms. The van der Waals surface area contributed by atoms with Crippen molar-refractivity contribution < 1.29 is 28.4 Å². The number of hydrogen-bond acceptors (Lipinski definition) is 6. The van der Waals surface area contributed by atoms with Gasteiger partial charge in [0.15, 0.2) is 0 Å². The van der Waals surface area contributed by atoms with Gasteiger partial charge < -0.3 is 28.4 Å². The van der Waals surface area contributed by atoms with Gasteiger partial charge in [-0.15, -0.1) is 0 Å². The highest BCUT2D eigenvalue weighted by molar-refractivity contribution is 5.35. The third-order valence-corrected chi connectivity index (χ3v) is 11.3. The Morgan fingerprint density at radius 1 is 0.321 bits per heavy atom. The van der Waals surface area contributed by atoms with Crippen LogP contribution < -0.4 is 9.47 Å². The van der Waals surface area contributed by atoms with E-state index in [1.54, 1.807) is 14.2 Å². The molecule has 0 radical (unpaired) electrons. The SMILES string of the molecule is COCCOCCOc1ccc(C(C)(C)CC(C)(C)CC(C)(C)c2ccc(C(C)(C)CC(C)(C)CC(C)(C)c3ccc(OCCOCCOC)cc3)cc2)cc1. The zero-order chi connectivity index (χ0) is 41.7. The second-order valence-corrected chi connectivity index (χ2v) is 20.1. The molecule has 0 aromatic heterocycles. The zero-order valence-electron chi connectivity index (χ0n) is 37.9. The minimum absolute atomic E-state index is 0.0222. The van der Waals surface area contributed by atoms with E-state index in [4.69, 9.17) is 28.4 Å².